The van der Waals surface area contributed by atoms with Gasteiger partial charge in [-0.15, -0.1) is 0 Å². The quantitative estimate of drug-likeness (QED) is 0.833. The van der Waals surface area contributed by atoms with Crippen LogP contribution in [0.15, 0.2) is 6.20 Å². The molecule has 0 aliphatic rings. The number of alkyl carbamates (subject to hydrolysis) is 1. The highest BCUT2D eigenvalue weighted by Crippen LogP contribution is 2.17. The van der Waals surface area contributed by atoms with Crippen molar-refractivity contribution >= 4 is 6.09 Å². The number of nitrogens with one attached hydrogen (secondary N) is 2. The Morgan fingerprint density at radius 2 is 1.94 bits per heavy atom. The molecule has 0 saturated heterocycles. The third-order valence-electron chi connectivity index (χ3n) is 2.11. The number of rotatable bonds is 2. The van der Waals surface area contributed by atoms with E-state index in [2.05, 4.69) is 15.3 Å². The molecular formula is C12H21N3O2. The lowest BCUT2D eigenvalue weighted by Gasteiger charge is -2.27. The molecule has 1 rings (SSSR count). The normalized spacial score (nSPS) is 12.4. The van der Waals surface area contributed by atoms with Gasteiger partial charge >= 0.3 is 6.09 Å². The van der Waals surface area contributed by atoms with E-state index in [1.165, 1.54) is 0 Å². The fourth-order valence-corrected chi connectivity index (χ4v) is 1.35. The average Bonchev–Trinajstić information content (AvgIpc) is 2.46. The van der Waals surface area contributed by atoms with Gasteiger partial charge < -0.3 is 15.0 Å². The zero-order chi connectivity index (χ0) is 13.3. The number of hydrogen-bond acceptors (Lipinski definition) is 3. The van der Waals surface area contributed by atoms with Gasteiger partial charge in [-0.1, -0.05) is 0 Å². The Kier molecular flexibility index (Phi) is 3.50. The number of amides is 1. The Hall–Kier alpha value is -1.52. The minimum atomic E-state index is -0.587. The van der Waals surface area contributed by atoms with Crippen molar-refractivity contribution in [3.05, 3.63) is 17.7 Å². The molecular weight excluding hydrogens is 218 g/mol. The molecule has 0 aliphatic heterocycles. The Morgan fingerprint density at radius 1 is 1.35 bits per heavy atom. The third kappa shape index (κ3) is 4.09. The number of aromatic nitrogens is 2. The van der Waals surface area contributed by atoms with Gasteiger partial charge in [-0.05, 0) is 41.5 Å². The van der Waals surface area contributed by atoms with E-state index in [1.54, 1.807) is 6.20 Å². The number of carbonyl (C=O) groups excluding carboxylic acids is 1. The molecule has 0 spiro atoms. The SMILES string of the molecule is Cc1cnc(C(C)(C)NC(=O)OC(C)(C)C)[nH]1. The van der Waals surface area contributed by atoms with Crippen LogP contribution in [0.4, 0.5) is 4.79 Å². The first-order valence-electron chi connectivity index (χ1n) is 5.63. The predicted molar refractivity (Wildman–Crippen MR) is 65.7 cm³/mol. The van der Waals surface area contributed by atoms with Crippen LogP contribution in [0.3, 0.4) is 0 Å². The first-order chi connectivity index (χ1) is 7.60. The summed E-state index contributed by atoms with van der Waals surface area (Å²) in [5, 5.41) is 2.79. The van der Waals surface area contributed by atoms with Gasteiger partial charge in [-0.3, -0.25) is 0 Å². The minimum Gasteiger partial charge on any atom is -0.444 e. The number of H-pyrrole nitrogens is 1. The molecule has 17 heavy (non-hydrogen) atoms. The molecule has 0 saturated carbocycles. The standard InChI is InChI=1S/C12H21N3O2/c1-8-7-13-9(14-8)12(5,6)15-10(16)17-11(2,3)4/h7H,1-6H3,(H,13,14)(H,15,16). The summed E-state index contributed by atoms with van der Waals surface area (Å²) in [5.74, 6) is 0.709. The lowest BCUT2D eigenvalue weighted by molar-refractivity contribution is 0.0466. The van der Waals surface area contributed by atoms with Crippen molar-refractivity contribution in [3.8, 4) is 0 Å². The van der Waals surface area contributed by atoms with Crippen molar-refractivity contribution in [2.24, 2.45) is 0 Å². The Balaban J connectivity index is 2.70. The van der Waals surface area contributed by atoms with Crippen molar-refractivity contribution < 1.29 is 9.53 Å². The summed E-state index contributed by atoms with van der Waals surface area (Å²) in [6.45, 7) is 11.1. The number of nitrogens with zero attached hydrogens (tertiary/aromatic N) is 1. The third-order valence-corrected chi connectivity index (χ3v) is 2.11. The molecule has 0 fully saturated rings. The van der Waals surface area contributed by atoms with Gasteiger partial charge in [0.1, 0.15) is 11.4 Å². The molecule has 1 amide bonds. The maximum Gasteiger partial charge on any atom is 0.408 e. The molecule has 0 atom stereocenters. The average molecular weight is 239 g/mol. The molecule has 1 aromatic heterocycles. The van der Waals surface area contributed by atoms with Gasteiger partial charge in [-0.25, -0.2) is 9.78 Å². The predicted octanol–water partition coefficient (Wildman–Crippen LogP) is 2.48. The van der Waals surface area contributed by atoms with E-state index >= 15 is 0 Å². The van der Waals surface area contributed by atoms with E-state index < -0.39 is 17.2 Å². The van der Waals surface area contributed by atoms with E-state index in [0.717, 1.165) is 5.69 Å². The summed E-state index contributed by atoms with van der Waals surface area (Å²) in [5.41, 5.74) is -0.130. The minimum absolute atomic E-state index is 0.448. The van der Waals surface area contributed by atoms with Crippen LogP contribution in [0.5, 0.6) is 0 Å². The lowest BCUT2D eigenvalue weighted by atomic mass is 10.1. The zero-order valence-corrected chi connectivity index (χ0v) is 11.3. The van der Waals surface area contributed by atoms with Crippen LogP contribution in [-0.4, -0.2) is 21.7 Å². The van der Waals surface area contributed by atoms with Crippen molar-refractivity contribution in [2.45, 2.75) is 52.7 Å². The number of aromatic amines is 1. The van der Waals surface area contributed by atoms with Gasteiger partial charge in [0, 0.05) is 11.9 Å². The zero-order valence-electron chi connectivity index (χ0n) is 11.3. The molecule has 5 nitrogen and oxygen atoms in total. The van der Waals surface area contributed by atoms with Crippen LogP contribution in [-0.2, 0) is 10.3 Å². The van der Waals surface area contributed by atoms with Crippen molar-refractivity contribution in [2.75, 3.05) is 0 Å². The van der Waals surface area contributed by atoms with Crippen LogP contribution in [0.2, 0.25) is 0 Å². The fourth-order valence-electron chi connectivity index (χ4n) is 1.35. The highest BCUT2D eigenvalue weighted by atomic mass is 16.6. The fraction of sp³-hybridized carbons (Fsp3) is 0.667. The second-order valence-electron chi connectivity index (χ2n) is 5.67. The van der Waals surface area contributed by atoms with Gasteiger partial charge in [0.25, 0.3) is 0 Å². The summed E-state index contributed by atoms with van der Waals surface area (Å²) >= 11 is 0. The molecule has 0 aliphatic carbocycles. The van der Waals surface area contributed by atoms with E-state index in [0.29, 0.717) is 5.82 Å². The first-order valence-corrected chi connectivity index (χ1v) is 5.63. The smallest absolute Gasteiger partial charge is 0.408 e. The number of carbonyl (C=O) groups is 1. The van der Waals surface area contributed by atoms with Crippen LogP contribution < -0.4 is 5.32 Å². The van der Waals surface area contributed by atoms with E-state index in [4.69, 9.17) is 4.74 Å². The second kappa shape index (κ2) is 4.39. The van der Waals surface area contributed by atoms with E-state index in [1.807, 2.05) is 41.5 Å². The monoisotopic (exact) mass is 239 g/mol. The van der Waals surface area contributed by atoms with Gasteiger partial charge in [-0.2, -0.15) is 0 Å². The van der Waals surface area contributed by atoms with E-state index in [9.17, 15) is 4.79 Å². The van der Waals surface area contributed by atoms with Gasteiger partial charge in [0.2, 0.25) is 0 Å². The van der Waals surface area contributed by atoms with Crippen molar-refractivity contribution in [1.82, 2.24) is 15.3 Å². The second-order valence-corrected chi connectivity index (χ2v) is 5.67. The molecule has 0 aromatic carbocycles. The van der Waals surface area contributed by atoms with Crippen molar-refractivity contribution in [3.63, 3.8) is 0 Å². The highest BCUT2D eigenvalue weighted by Gasteiger charge is 2.28. The molecule has 1 heterocycles. The summed E-state index contributed by atoms with van der Waals surface area (Å²) in [6.07, 6.45) is 1.28. The number of imidazole rings is 1. The largest absolute Gasteiger partial charge is 0.444 e. The Labute approximate surface area is 102 Å². The Morgan fingerprint density at radius 3 is 2.35 bits per heavy atom. The van der Waals surface area contributed by atoms with Crippen molar-refractivity contribution in [1.29, 1.82) is 0 Å². The molecule has 5 heteroatoms. The first kappa shape index (κ1) is 13.5. The Bertz CT molecular complexity index is 402. The maximum absolute atomic E-state index is 11.7. The van der Waals surface area contributed by atoms with Crippen LogP contribution in [0.1, 0.15) is 46.1 Å². The summed E-state index contributed by atoms with van der Waals surface area (Å²) in [7, 11) is 0. The molecule has 0 radical (unpaired) electrons. The summed E-state index contributed by atoms with van der Waals surface area (Å²) in [4.78, 5) is 19.0. The molecule has 2 N–H and O–H groups in total. The number of hydrogen-bond donors (Lipinski definition) is 2. The molecule has 1 aromatic rings. The highest BCUT2D eigenvalue weighted by molar-refractivity contribution is 5.68. The summed E-state index contributed by atoms with van der Waals surface area (Å²) < 4.78 is 5.21. The van der Waals surface area contributed by atoms with Gasteiger partial charge in [0.15, 0.2) is 0 Å². The van der Waals surface area contributed by atoms with Crippen LogP contribution in [0, 0.1) is 6.92 Å². The molecule has 0 bridgehead atoms. The van der Waals surface area contributed by atoms with Crippen LogP contribution >= 0.6 is 0 Å². The molecule has 0 unspecified atom stereocenters. The molecule has 96 valence electrons. The topological polar surface area (TPSA) is 67.0 Å². The number of ether oxygens (including phenoxy) is 1. The summed E-state index contributed by atoms with van der Waals surface area (Å²) in [6, 6.07) is 0. The lowest BCUT2D eigenvalue weighted by Crippen LogP contribution is -2.44. The van der Waals surface area contributed by atoms with Gasteiger partial charge in [0.05, 0.1) is 5.54 Å². The maximum atomic E-state index is 11.7. The van der Waals surface area contributed by atoms with E-state index in [-0.39, 0.29) is 0 Å². The number of aryl methyl sites for hydroxylation is 1. The van der Waals surface area contributed by atoms with Crippen LogP contribution in [0.25, 0.3) is 0 Å².